The number of thioether (sulfide) groups is 1. The number of rotatable bonds is 18. The lowest BCUT2D eigenvalue weighted by molar-refractivity contribution is -0.142. The number of guanidine groups is 1. The summed E-state index contributed by atoms with van der Waals surface area (Å²) in [6, 6.07) is 10.9. The first-order valence-electron chi connectivity index (χ1n) is 13.8. The molecule has 0 aliphatic rings. The Kier molecular flexibility index (Phi) is 14.8. The van der Waals surface area contributed by atoms with Crippen molar-refractivity contribution in [1.29, 1.82) is 0 Å². The van der Waals surface area contributed by atoms with Crippen molar-refractivity contribution in [3.63, 3.8) is 0 Å². The van der Waals surface area contributed by atoms with E-state index in [1.165, 1.54) is 23.9 Å². The van der Waals surface area contributed by atoms with Crippen molar-refractivity contribution in [1.82, 2.24) is 16.0 Å². The minimum atomic E-state index is -1.19. The fourth-order valence-electron chi connectivity index (χ4n) is 4.13. The van der Waals surface area contributed by atoms with E-state index in [1.807, 2.05) is 12.3 Å². The molecule has 0 aromatic heterocycles. The van der Waals surface area contributed by atoms with Crippen LogP contribution in [0.25, 0.3) is 0 Å². The van der Waals surface area contributed by atoms with E-state index in [4.69, 9.17) is 17.2 Å². The second-order valence-electron chi connectivity index (χ2n) is 9.92. The molecule has 0 aliphatic carbocycles. The number of nitrogens with two attached hydrogens (primary N) is 3. The lowest BCUT2D eigenvalue weighted by Crippen LogP contribution is -2.57. The Bertz CT molecular complexity index is 1230. The van der Waals surface area contributed by atoms with Crippen LogP contribution in [0.5, 0.6) is 5.75 Å². The smallest absolute Gasteiger partial charge is 0.326 e. The number of aliphatic imine (C=N–C) groups is 1. The molecule has 2 aromatic carbocycles. The van der Waals surface area contributed by atoms with Gasteiger partial charge in [-0.25, -0.2) is 4.79 Å². The van der Waals surface area contributed by atoms with E-state index < -0.39 is 47.9 Å². The van der Waals surface area contributed by atoms with E-state index in [1.54, 1.807) is 36.4 Å². The van der Waals surface area contributed by atoms with Crippen LogP contribution in [0.2, 0.25) is 0 Å². The number of carboxylic acids is 1. The molecule has 0 heterocycles. The molecule has 0 bridgehead atoms. The third kappa shape index (κ3) is 13.0. The van der Waals surface area contributed by atoms with E-state index in [0.29, 0.717) is 12.2 Å². The average molecular weight is 616 g/mol. The van der Waals surface area contributed by atoms with Gasteiger partial charge in [0, 0.05) is 13.0 Å². The molecule has 4 atom stereocenters. The Balaban J connectivity index is 2.23. The van der Waals surface area contributed by atoms with Crippen LogP contribution in [0.15, 0.2) is 59.6 Å². The largest absolute Gasteiger partial charge is 0.508 e. The van der Waals surface area contributed by atoms with E-state index in [2.05, 4.69) is 20.9 Å². The van der Waals surface area contributed by atoms with Gasteiger partial charge < -0.3 is 43.4 Å². The Morgan fingerprint density at radius 2 is 1.40 bits per heavy atom. The zero-order valence-corrected chi connectivity index (χ0v) is 24.9. The zero-order chi connectivity index (χ0) is 31.8. The second-order valence-corrected chi connectivity index (χ2v) is 10.9. The van der Waals surface area contributed by atoms with Crippen LogP contribution in [-0.2, 0) is 32.0 Å². The molecule has 14 heteroatoms. The number of carboxylic acid groups (broad SMARTS) is 1. The van der Waals surface area contributed by atoms with Crippen LogP contribution in [0.1, 0.15) is 30.4 Å². The lowest BCUT2D eigenvalue weighted by Gasteiger charge is -2.25. The predicted molar refractivity (Wildman–Crippen MR) is 166 cm³/mol. The maximum absolute atomic E-state index is 13.6. The summed E-state index contributed by atoms with van der Waals surface area (Å²) >= 11 is 1.44. The summed E-state index contributed by atoms with van der Waals surface area (Å²) in [5.74, 6) is -2.63. The van der Waals surface area contributed by atoms with Crippen molar-refractivity contribution in [2.45, 2.75) is 56.3 Å². The van der Waals surface area contributed by atoms with E-state index in [0.717, 1.165) is 11.1 Å². The molecule has 4 unspecified atom stereocenters. The Morgan fingerprint density at radius 1 is 0.814 bits per heavy atom. The highest BCUT2D eigenvalue weighted by molar-refractivity contribution is 7.98. The molecule has 13 nitrogen and oxygen atoms in total. The van der Waals surface area contributed by atoms with Gasteiger partial charge in [-0.3, -0.25) is 19.4 Å². The third-order valence-corrected chi connectivity index (χ3v) is 7.09. The van der Waals surface area contributed by atoms with Crippen LogP contribution in [0.4, 0.5) is 0 Å². The molecule has 2 aromatic rings. The van der Waals surface area contributed by atoms with Gasteiger partial charge in [0.1, 0.15) is 23.9 Å². The summed E-state index contributed by atoms with van der Waals surface area (Å²) in [5, 5.41) is 27.0. The van der Waals surface area contributed by atoms with E-state index in [-0.39, 0.29) is 43.9 Å². The molecular formula is C29H41N7O6S. The zero-order valence-electron chi connectivity index (χ0n) is 24.1. The molecular weight excluding hydrogens is 574 g/mol. The lowest BCUT2D eigenvalue weighted by atomic mass is 10.0. The van der Waals surface area contributed by atoms with Gasteiger partial charge in [-0.2, -0.15) is 11.8 Å². The molecule has 0 saturated heterocycles. The van der Waals surface area contributed by atoms with E-state index >= 15 is 0 Å². The number of phenolic OH excluding ortho intramolecular Hbond substituents is 1. The van der Waals surface area contributed by atoms with Gasteiger partial charge >= 0.3 is 5.97 Å². The SMILES string of the molecule is CSCCC(NC(=O)C(CCCN=C(N)N)NC(=O)C(Cc1ccccc1)NC(=O)C(N)Cc1ccc(O)cc1)C(=O)O. The molecule has 11 N–H and O–H groups in total. The van der Waals surface area contributed by atoms with Gasteiger partial charge in [-0.15, -0.1) is 0 Å². The summed E-state index contributed by atoms with van der Waals surface area (Å²) in [7, 11) is 0. The molecule has 0 fully saturated rings. The fraction of sp³-hybridized carbons (Fsp3) is 0.414. The highest BCUT2D eigenvalue weighted by Crippen LogP contribution is 2.12. The molecule has 0 aliphatic heterocycles. The maximum atomic E-state index is 13.6. The van der Waals surface area contributed by atoms with Gasteiger partial charge in [-0.05, 0) is 61.0 Å². The molecule has 0 radical (unpaired) electrons. The number of hydrogen-bond acceptors (Lipinski definition) is 8. The van der Waals surface area contributed by atoms with Crippen LogP contribution < -0.4 is 33.2 Å². The predicted octanol–water partition coefficient (Wildman–Crippen LogP) is -0.150. The summed E-state index contributed by atoms with van der Waals surface area (Å²) < 4.78 is 0. The second kappa shape index (κ2) is 18.3. The van der Waals surface area contributed by atoms with Gasteiger partial charge in [-0.1, -0.05) is 42.5 Å². The number of aliphatic carboxylic acids is 1. The number of hydrogen-bond donors (Lipinski definition) is 8. The summed E-state index contributed by atoms with van der Waals surface area (Å²) in [4.78, 5) is 55.5. The maximum Gasteiger partial charge on any atom is 0.326 e. The highest BCUT2D eigenvalue weighted by Gasteiger charge is 2.30. The quantitative estimate of drug-likeness (QED) is 0.0627. The highest BCUT2D eigenvalue weighted by atomic mass is 32.2. The van der Waals surface area contributed by atoms with Crippen molar-refractivity contribution >= 4 is 41.4 Å². The summed E-state index contributed by atoms with van der Waals surface area (Å²) in [5.41, 5.74) is 18.4. The molecule has 0 saturated carbocycles. The van der Waals surface area contributed by atoms with Crippen molar-refractivity contribution in [2.24, 2.45) is 22.2 Å². The molecule has 0 spiro atoms. The first-order valence-corrected chi connectivity index (χ1v) is 15.1. The van der Waals surface area contributed by atoms with Crippen LogP contribution >= 0.6 is 11.8 Å². The topological polar surface area (TPSA) is 235 Å². The number of carbonyl (C=O) groups is 4. The number of aromatic hydroxyl groups is 1. The van der Waals surface area contributed by atoms with Crippen molar-refractivity contribution in [2.75, 3.05) is 18.6 Å². The molecule has 43 heavy (non-hydrogen) atoms. The van der Waals surface area contributed by atoms with Gasteiger partial charge in [0.2, 0.25) is 17.7 Å². The number of benzene rings is 2. The molecule has 3 amide bonds. The van der Waals surface area contributed by atoms with Crippen molar-refractivity contribution in [3.05, 3.63) is 65.7 Å². The van der Waals surface area contributed by atoms with Crippen LogP contribution in [0.3, 0.4) is 0 Å². The summed E-state index contributed by atoms with van der Waals surface area (Å²) in [6.45, 7) is 0.188. The Hall–Kier alpha value is -4.30. The van der Waals surface area contributed by atoms with Crippen LogP contribution in [-0.4, -0.2) is 82.6 Å². The normalized spacial score (nSPS) is 13.5. The number of amides is 3. The number of carbonyl (C=O) groups excluding carboxylic acids is 3. The average Bonchev–Trinajstić information content (AvgIpc) is 2.97. The fourth-order valence-corrected chi connectivity index (χ4v) is 4.60. The van der Waals surface area contributed by atoms with Gasteiger partial charge in [0.05, 0.1) is 6.04 Å². The van der Waals surface area contributed by atoms with E-state index in [9.17, 15) is 29.4 Å². The van der Waals surface area contributed by atoms with Gasteiger partial charge in [0.25, 0.3) is 0 Å². The first kappa shape index (κ1) is 34.9. The Morgan fingerprint density at radius 3 is 2.00 bits per heavy atom. The van der Waals surface area contributed by atoms with Gasteiger partial charge in [0.15, 0.2) is 5.96 Å². The number of nitrogens with one attached hydrogen (secondary N) is 3. The minimum Gasteiger partial charge on any atom is -0.508 e. The summed E-state index contributed by atoms with van der Waals surface area (Å²) in [6.07, 6.45) is 2.71. The number of nitrogens with zero attached hydrogens (tertiary/aromatic N) is 1. The molecule has 234 valence electrons. The standard InChI is InChI=1S/C29H41N7O6S/c1-43-15-13-23(28(41)42)35-26(39)22(8-5-14-33-29(31)32)34-27(40)24(17-18-6-3-2-4-7-18)36-25(38)21(30)16-19-9-11-20(37)12-10-19/h2-4,6-7,9-12,21-24,37H,5,8,13-17,30H2,1H3,(H,34,40)(H,35,39)(H,36,38)(H,41,42)(H4,31,32,33). The number of phenols is 1. The van der Waals surface area contributed by atoms with Crippen molar-refractivity contribution < 1.29 is 29.4 Å². The Labute approximate surface area is 255 Å². The van der Waals surface area contributed by atoms with Crippen molar-refractivity contribution in [3.8, 4) is 5.75 Å². The monoisotopic (exact) mass is 615 g/mol. The minimum absolute atomic E-state index is 0.0807. The third-order valence-electron chi connectivity index (χ3n) is 6.45. The van der Waals surface area contributed by atoms with Crippen LogP contribution in [0, 0.1) is 0 Å². The first-order chi connectivity index (χ1) is 20.5. The molecule has 2 rings (SSSR count).